The average Bonchev–Trinajstić information content (AvgIpc) is 2.85. The molecule has 1 aromatic carbocycles. The fourth-order valence-electron chi connectivity index (χ4n) is 2.34. The van der Waals surface area contributed by atoms with Crippen LogP contribution in [-0.2, 0) is 13.6 Å². The van der Waals surface area contributed by atoms with Crippen LogP contribution in [0, 0.1) is 13.8 Å². The number of hydrogen-bond acceptors (Lipinski definition) is 3. The van der Waals surface area contributed by atoms with E-state index in [1.807, 2.05) is 68.7 Å². The van der Waals surface area contributed by atoms with Crippen LogP contribution in [0.1, 0.15) is 34.2 Å². The van der Waals surface area contributed by atoms with Gasteiger partial charge in [-0.05, 0) is 39.4 Å². The Balaban J connectivity index is 2.15. The molecule has 1 atom stereocenters. The maximum Gasteiger partial charge on any atom is 0.179 e. The van der Waals surface area contributed by atoms with E-state index in [2.05, 4.69) is 4.98 Å². The Morgan fingerprint density at radius 2 is 2.10 bits per heavy atom. The summed E-state index contributed by atoms with van der Waals surface area (Å²) in [5.74, 6) is 1.12. The first-order chi connectivity index (χ1) is 9.90. The molecule has 4 heteroatoms. The topological polar surface area (TPSA) is 38.1 Å². The quantitative estimate of drug-likeness (QED) is 0.793. The zero-order chi connectivity index (χ0) is 15.6. The number of likely N-dealkylation sites (N-methyl/N-ethyl adjacent to an activating group) is 1. The van der Waals surface area contributed by atoms with E-state index >= 15 is 0 Å². The molecule has 112 valence electrons. The minimum atomic E-state index is -0.179. The van der Waals surface area contributed by atoms with Gasteiger partial charge in [0.1, 0.15) is 5.82 Å². The molecule has 2 aromatic rings. The van der Waals surface area contributed by atoms with Crippen LogP contribution in [0.2, 0.25) is 0 Å². The summed E-state index contributed by atoms with van der Waals surface area (Å²) >= 11 is 0. The number of rotatable bonds is 5. The van der Waals surface area contributed by atoms with Gasteiger partial charge in [-0.15, -0.1) is 0 Å². The van der Waals surface area contributed by atoms with Crippen LogP contribution in [0.25, 0.3) is 0 Å². The normalized spacial score (nSPS) is 12.7. The molecule has 0 aliphatic heterocycles. The van der Waals surface area contributed by atoms with Crippen molar-refractivity contribution in [1.29, 1.82) is 0 Å². The van der Waals surface area contributed by atoms with Crippen LogP contribution in [0.15, 0.2) is 30.6 Å². The molecule has 21 heavy (non-hydrogen) atoms. The minimum absolute atomic E-state index is 0.160. The van der Waals surface area contributed by atoms with E-state index < -0.39 is 0 Å². The Morgan fingerprint density at radius 1 is 1.38 bits per heavy atom. The van der Waals surface area contributed by atoms with Crippen molar-refractivity contribution in [3.63, 3.8) is 0 Å². The van der Waals surface area contributed by atoms with Gasteiger partial charge in [-0.25, -0.2) is 4.98 Å². The van der Waals surface area contributed by atoms with Gasteiger partial charge in [0.25, 0.3) is 0 Å². The SMILES string of the molecule is Cc1ccc(C)c(C(=O)C(C)N(C)Cc2nccn2C)c1. The molecule has 4 nitrogen and oxygen atoms in total. The molecule has 1 aromatic heterocycles. The van der Waals surface area contributed by atoms with Gasteiger partial charge in [-0.2, -0.15) is 0 Å². The molecule has 0 radical (unpaired) electrons. The van der Waals surface area contributed by atoms with Gasteiger partial charge in [0.05, 0.1) is 12.6 Å². The van der Waals surface area contributed by atoms with E-state index in [4.69, 9.17) is 0 Å². The molecular formula is C17H23N3O. The lowest BCUT2D eigenvalue weighted by atomic mass is 9.98. The molecule has 1 heterocycles. The maximum absolute atomic E-state index is 12.7. The molecule has 0 fully saturated rings. The molecule has 0 aliphatic carbocycles. The summed E-state index contributed by atoms with van der Waals surface area (Å²) in [6.07, 6.45) is 3.70. The van der Waals surface area contributed by atoms with Crippen molar-refractivity contribution in [3.05, 3.63) is 53.1 Å². The molecule has 0 spiro atoms. The van der Waals surface area contributed by atoms with Gasteiger partial charge in [-0.3, -0.25) is 9.69 Å². The Labute approximate surface area is 126 Å². The highest BCUT2D eigenvalue weighted by atomic mass is 16.1. The van der Waals surface area contributed by atoms with Crippen molar-refractivity contribution in [2.75, 3.05) is 7.05 Å². The summed E-state index contributed by atoms with van der Waals surface area (Å²) in [5, 5.41) is 0. The number of aromatic nitrogens is 2. The lowest BCUT2D eigenvalue weighted by molar-refractivity contribution is 0.0858. The number of carbonyl (C=O) groups is 1. The smallest absolute Gasteiger partial charge is 0.179 e. The van der Waals surface area contributed by atoms with Crippen molar-refractivity contribution in [1.82, 2.24) is 14.5 Å². The average molecular weight is 285 g/mol. The van der Waals surface area contributed by atoms with E-state index in [9.17, 15) is 4.79 Å². The Hall–Kier alpha value is -1.94. The number of imidazole rings is 1. The first-order valence-electron chi connectivity index (χ1n) is 7.18. The molecular weight excluding hydrogens is 262 g/mol. The van der Waals surface area contributed by atoms with E-state index in [0.717, 1.165) is 22.5 Å². The minimum Gasteiger partial charge on any atom is -0.337 e. The molecule has 0 bridgehead atoms. The van der Waals surface area contributed by atoms with Crippen molar-refractivity contribution in [2.45, 2.75) is 33.4 Å². The fraction of sp³-hybridized carbons (Fsp3) is 0.412. The third-order valence-electron chi connectivity index (χ3n) is 4.01. The molecule has 0 amide bonds. The van der Waals surface area contributed by atoms with Crippen molar-refractivity contribution in [2.24, 2.45) is 7.05 Å². The molecule has 0 N–H and O–H groups in total. The highest BCUT2D eigenvalue weighted by molar-refractivity contribution is 6.01. The largest absolute Gasteiger partial charge is 0.337 e. The highest BCUT2D eigenvalue weighted by Crippen LogP contribution is 2.16. The third kappa shape index (κ3) is 3.39. The van der Waals surface area contributed by atoms with Gasteiger partial charge in [-0.1, -0.05) is 17.7 Å². The van der Waals surface area contributed by atoms with Crippen LogP contribution >= 0.6 is 0 Å². The van der Waals surface area contributed by atoms with E-state index in [0.29, 0.717) is 6.54 Å². The summed E-state index contributed by atoms with van der Waals surface area (Å²) in [7, 11) is 3.93. The molecule has 0 saturated carbocycles. The van der Waals surface area contributed by atoms with Crippen LogP contribution in [0.4, 0.5) is 0 Å². The van der Waals surface area contributed by atoms with Gasteiger partial charge < -0.3 is 4.57 Å². The van der Waals surface area contributed by atoms with E-state index in [1.54, 1.807) is 6.20 Å². The highest BCUT2D eigenvalue weighted by Gasteiger charge is 2.22. The second-order valence-electron chi connectivity index (χ2n) is 5.73. The number of ketones is 1. The van der Waals surface area contributed by atoms with Crippen LogP contribution in [-0.4, -0.2) is 33.3 Å². The molecule has 1 unspecified atom stereocenters. The fourth-order valence-corrected chi connectivity index (χ4v) is 2.34. The Bertz CT molecular complexity index is 645. The number of hydrogen-bond donors (Lipinski definition) is 0. The van der Waals surface area contributed by atoms with Crippen molar-refractivity contribution < 1.29 is 4.79 Å². The first kappa shape index (κ1) is 15.4. The number of nitrogens with zero attached hydrogens (tertiary/aromatic N) is 3. The summed E-state index contributed by atoms with van der Waals surface area (Å²) in [6, 6.07) is 5.84. The summed E-state index contributed by atoms with van der Waals surface area (Å²) in [4.78, 5) is 19.0. The molecule has 0 saturated heterocycles. The zero-order valence-electron chi connectivity index (χ0n) is 13.4. The first-order valence-corrected chi connectivity index (χ1v) is 7.18. The second kappa shape index (κ2) is 6.22. The van der Waals surface area contributed by atoms with E-state index in [1.165, 1.54) is 0 Å². The number of benzene rings is 1. The molecule has 2 rings (SSSR count). The summed E-state index contributed by atoms with van der Waals surface area (Å²) in [5.41, 5.74) is 2.96. The van der Waals surface area contributed by atoms with Crippen molar-refractivity contribution in [3.8, 4) is 0 Å². The standard InChI is InChI=1S/C17H23N3O/c1-12-6-7-13(2)15(10-12)17(21)14(3)20(5)11-16-18-8-9-19(16)4/h6-10,14H,11H2,1-5H3. The predicted molar refractivity (Wildman–Crippen MR) is 84.4 cm³/mol. The van der Waals surface area contributed by atoms with Gasteiger partial charge in [0.2, 0.25) is 0 Å². The van der Waals surface area contributed by atoms with Crippen LogP contribution in [0.3, 0.4) is 0 Å². The van der Waals surface area contributed by atoms with Crippen LogP contribution in [0.5, 0.6) is 0 Å². The number of carbonyl (C=O) groups excluding carboxylic acids is 1. The lowest BCUT2D eigenvalue weighted by Gasteiger charge is -2.24. The molecule has 0 aliphatic rings. The second-order valence-corrected chi connectivity index (χ2v) is 5.73. The van der Waals surface area contributed by atoms with Crippen LogP contribution < -0.4 is 0 Å². The van der Waals surface area contributed by atoms with Crippen molar-refractivity contribution >= 4 is 5.78 Å². The number of aryl methyl sites for hydroxylation is 3. The van der Waals surface area contributed by atoms with Gasteiger partial charge >= 0.3 is 0 Å². The number of Topliss-reactive ketones (excluding diaryl/α,β-unsaturated/α-hetero) is 1. The zero-order valence-corrected chi connectivity index (χ0v) is 13.4. The van der Waals surface area contributed by atoms with Gasteiger partial charge in [0.15, 0.2) is 5.78 Å². The summed E-state index contributed by atoms with van der Waals surface area (Å²) in [6.45, 7) is 6.60. The Morgan fingerprint density at radius 3 is 2.71 bits per heavy atom. The van der Waals surface area contributed by atoms with Gasteiger partial charge in [0, 0.05) is 25.0 Å². The van der Waals surface area contributed by atoms with E-state index in [-0.39, 0.29) is 11.8 Å². The third-order valence-corrected chi connectivity index (χ3v) is 4.01. The lowest BCUT2D eigenvalue weighted by Crippen LogP contribution is -2.36. The summed E-state index contributed by atoms with van der Waals surface area (Å²) < 4.78 is 1.98. The Kier molecular flexibility index (Phi) is 4.58. The monoisotopic (exact) mass is 285 g/mol. The predicted octanol–water partition coefficient (Wildman–Crippen LogP) is 2.74. The maximum atomic E-state index is 12.7.